The first-order chi connectivity index (χ1) is 10.7. The monoisotopic (exact) mass is 297 g/mol. The molecule has 1 aliphatic rings. The summed E-state index contributed by atoms with van der Waals surface area (Å²) in [5.41, 5.74) is 0.237. The lowest BCUT2D eigenvalue weighted by Gasteiger charge is -2.21. The summed E-state index contributed by atoms with van der Waals surface area (Å²) < 4.78 is 0. The number of carbonyl (C=O) groups is 2. The van der Waals surface area contributed by atoms with E-state index in [4.69, 9.17) is 0 Å². The van der Waals surface area contributed by atoms with Crippen LogP contribution >= 0.6 is 0 Å². The first-order valence-electron chi connectivity index (χ1n) is 7.64. The van der Waals surface area contributed by atoms with Crippen LogP contribution in [0.2, 0.25) is 0 Å². The van der Waals surface area contributed by atoms with Crippen molar-refractivity contribution in [3.8, 4) is 5.75 Å². The van der Waals surface area contributed by atoms with E-state index in [1.54, 1.807) is 18.2 Å². The Morgan fingerprint density at radius 3 is 2.59 bits per heavy atom. The molecule has 0 radical (unpaired) electrons. The average Bonchev–Trinajstić information content (AvgIpc) is 2.56. The molecule has 0 unspecified atom stereocenters. The van der Waals surface area contributed by atoms with Gasteiger partial charge < -0.3 is 10.4 Å². The van der Waals surface area contributed by atoms with Crippen molar-refractivity contribution in [2.24, 2.45) is 5.92 Å². The second-order valence-electron chi connectivity index (χ2n) is 5.77. The van der Waals surface area contributed by atoms with Gasteiger partial charge in [-0.2, -0.15) is 0 Å². The third-order valence-corrected chi connectivity index (χ3v) is 4.33. The molecule has 0 aromatic heterocycles. The zero-order valence-corrected chi connectivity index (χ0v) is 12.3. The number of piperidine rings is 1. The molecule has 22 heavy (non-hydrogen) atoms. The third kappa shape index (κ3) is 2.88. The minimum atomic E-state index is -0.299. The summed E-state index contributed by atoms with van der Waals surface area (Å²) in [4.78, 5) is 24.6. The lowest BCUT2D eigenvalue weighted by atomic mass is 9.89. The maximum Gasteiger partial charge on any atom is 0.173 e. The van der Waals surface area contributed by atoms with E-state index >= 15 is 0 Å². The predicted octanol–water partition coefficient (Wildman–Crippen LogP) is 2.69. The Kier molecular flexibility index (Phi) is 4.20. The highest BCUT2D eigenvalue weighted by Gasteiger charge is 2.24. The first-order valence-corrected chi connectivity index (χ1v) is 7.64. The molecule has 114 valence electrons. The average molecular weight is 297 g/mol. The van der Waals surface area contributed by atoms with Gasteiger partial charge in [-0.1, -0.05) is 30.3 Å². The van der Waals surface area contributed by atoms with Crippen LogP contribution in [0.15, 0.2) is 36.4 Å². The molecule has 3 rings (SSSR count). The van der Waals surface area contributed by atoms with E-state index in [1.165, 1.54) is 0 Å². The fraction of sp³-hybridized carbons (Fsp3) is 0.333. The second kappa shape index (κ2) is 6.28. The number of phenols is 1. The molecule has 4 nitrogen and oxygen atoms in total. The molecule has 1 aliphatic heterocycles. The van der Waals surface area contributed by atoms with Crippen molar-refractivity contribution in [3.63, 3.8) is 0 Å². The van der Waals surface area contributed by atoms with Crippen LogP contribution in [0, 0.1) is 5.92 Å². The summed E-state index contributed by atoms with van der Waals surface area (Å²) in [6.45, 7) is 1.65. The number of Topliss-reactive ketones (excluding diaryl/α,β-unsaturated/α-hetero) is 2. The van der Waals surface area contributed by atoms with E-state index in [2.05, 4.69) is 5.32 Å². The van der Waals surface area contributed by atoms with Gasteiger partial charge in [0.15, 0.2) is 5.78 Å². The molecule has 2 aromatic carbocycles. The van der Waals surface area contributed by atoms with Crippen molar-refractivity contribution in [1.29, 1.82) is 0 Å². The number of hydrogen-bond acceptors (Lipinski definition) is 4. The van der Waals surface area contributed by atoms with E-state index in [-0.39, 0.29) is 35.2 Å². The lowest BCUT2D eigenvalue weighted by molar-refractivity contribution is -0.122. The molecular formula is C18H19NO3. The molecule has 4 heteroatoms. The van der Waals surface area contributed by atoms with Gasteiger partial charge in [0, 0.05) is 11.3 Å². The zero-order valence-electron chi connectivity index (χ0n) is 12.3. The highest BCUT2D eigenvalue weighted by atomic mass is 16.3. The molecule has 1 fully saturated rings. The standard InChI is InChI=1S/C18H19NO3/c20-16(13-7-9-19-10-8-13)11-17(21)15-6-5-12-3-1-2-4-14(12)18(15)22/h1-6,13,19,22H,7-11H2. The van der Waals surface area contributed by atoms with Crippen LogP contribution < -0.4 is 5.32 Å². The van der Waals surface area contributed by atoms with Gasteiger partial charge in [-0.15, -0.1) is 0 Å². The topological polar surface area (TPSA) is 66.4 Å². The Hall–Kier alpha value is -2.20. The van der Waals surface area contributed by atoms with E-state index in [1.807, 2.05) is 18.2 Å². The van der Waals surface area contributed by atoms with Crippen LogP contribution in [0.3, 0.4) is 0 Å². The minimum Gasteiger partial charge on any atom is -0.507 e. The summed E-state index contributed by atoms with van der Waals surface area (Å²) >= 11 is 0. The van der Waals surface area contributed by atoms with Crippen molar-refractivity contribution in [2.75, 3.05) is 13.1 Å². The summed E-state index contributed by atoms with van der Waals surface area (Å²) in [5.74, 6) is -0.375. The van der Waals surface area contributed by atoms with E-state index in [9.17, 15) is 14.7 Å². The maximum absolute atomic E-state index is 12.4. The lowest BCUT2D eigenvalue weighted by Crippen LogP contribution is -2.32. The zero-order chi connectivity index (χ0) is 15.5. The second-order valence-corrected chi connectivity index (χ2v) is 5.77. The van der Waals surface area contributed by atoms with Crippen molar-refractivity contribution in [1.82, 2.24) is 5.32 Å². The smallest absolute Gasteiger partial charge is 0.173 e. The van der Waals surface area contributed by atoms with Crippen molar-refractivity contribution in [2.45, 2.75) is 19.3 Å². The molecule has 1 saturated heterocycles. The SMILES string of the molecule is O=C(CC(=O)C1CCNCC1)c1ccc2ccccc2c1O. The van der Waals surface area contributed by atoms with Gasteiger partial charge in [0.05, 0.1) is 12.0 Å². The predicted molar refractivity (Wildman–Crippen MR) is 85.2 cm³/mol. The Morgan fingerprint density at radius 1 is 1.09 bits per heavy atom. The Labute approximate surface area is 129 Å². The van der Waals surface area contributed by atoms with Gasteiger partial charge in [-0.05, 0) is 37.4 Å². The number of ketones is 2. The largest absolute Gasteiger partial charge is 0.507 e. The number of phenolic OH excluding ortho intramolecular Hbond substituents is 1. The molecule has 0 atom stereocenters. The molecule has 0 spiro atoms. The maximum atomic E-state index is 12.4. The van der Waals surface area contributed by atoms with Crippen LogP contribution in [-0.4, -0.2) is 29.8 Å². The van der Waals surface area contributed by atoms with Crippen LogP contribution in [-0.2, 0) is 4.79 Å². The highest BCUT2D eigenvalue weighted by molar-refractivity contribution is 6.12. The minimum absolute atomic E-state index is 0.0148. The van der Waals surface area contributed by atoms with Crippen LogP contribution in [0.4, 0.5) is 0 Å². The van der Waals surface area contributed by atoms with Crippen LogP contribution in [0.25, 0.3) is 10.8 Å². The molecule has 0 bridgehead atoms. The van der Waals surface area contributed by atoms with E-state index < -0.39 is 0 Å². The normalized spacial score (nSPS) is 15.8. The van der Waals surface area contributed by atoms with Crippen molar-refractivity contribution >= 4 is 22.3 Å². The van der Waals surface area contributed by atoms with E-state index in [0.717, 1.165) is 31.3 Å². The summed E-state index contributed by atoms with van der Waals surface area (Å²) in [6, 6.07) is 10.8. The van der Waals surface area contributed by atoms with Gasteiger partial charge in [0.2, 0.25) is 0 Å². The quantitative estimate of drug-likeness (QED) is 0.672. The molecule has 1 heterocycles. The molecule has 0 amide bonds. The number of hydrogen-bond donors (Lipinski definition) is 2. The van der Waals surface area contributed by atoms with Gasteiger partial charge in [0.1, 0.15) is 11.5 Å². The molecule has 0 aliphatic carbocycles. The third-order valence-electron chi connectivity index (χ3n) is 4.33. The highest BCUT2D eigenvalue weighted by Crippen LogP contribution is 2.29. The van der Waals surface area contributed by atoms with Gasteiger partial charge >= 0.3 is 0 Å². The van der Waals surface area contributed by atoms with Crippen LogP contribution in [0.5, 0.6) is 5.75 Å². The Balaban J connectivity index is 1.80. The molecule has 2 aromatic rings. The van der Waals surface area contributed by atoms with Crippen molar-refractivity contribution < 1.29 is 14.7 Å². The number of carbonyl (C=O) groups excluding carboxylic acids is 2. The van der Waals surface area contributed by atoms with Crippen LogP contribution in [0.1, 0.15) is 29.6 Å². The molecule has 2 N–H and O–H groups in total. The number of fused-ring (bicyclic) bond motifs is 1. The van der Waals surface area contributed by atoms with Gasteiger partial charge in [0.25, 0.3) is 0 Å². The molecule has 0 saturated carbocycles. The van der Waals surface area contributed by atoms with E-state index in [0.29, 0.717) is 5.39 Å². The van der Waals surface area contributed by atoms with Crippen molar-refractivity contribution in [3.05, 3.63) is 42.0 Å². The van der Waals surface area contributed by atoms with Gasteiger partial charge in [-0.25, -0.2) is 0 Å². The Morgan fingerprint density at radius 2 is 1.82 bits per heavy atom. The molecular weight excluding hydrogens is 278 g/mol. The number of benzene rings is 2. The number of rotatable bonds is 4. The number of nitrogens with one attached hydrogen (secondary N) is 1. The fourth-order valence-corrected chi connectivity index (χ4v) is 3.02. The fourth-order valence-electron chi connectivity index (χ4n) is 3.02. The van der Waals surface area contributed by atoms with Gasteiger partial charge in [-0.3, -0.25) is 9.59 Å². The summed E-state index contributed by atoms with van der Waals surface area (Å²) in [7, 11) is 0. The number of aromatic hydroxyl groups is 1. The summed E-state index contributed by atoms with van der Waals surface area (Å²) in [6.07, 6.45) is 1.45. The Bertz CT molecular complexity index is 717. The first kappa shape index (κ1) is 14.7. The summed E-state index contributed by atoms with van der Waals surface area (Å²) in [5, 5.41) is 15.0.